The van der Waals surface area contributed by atoms with Crippen LogP contribution in [0.5, 0.6) is 0 Å². The van der Waals surface area contributed by atoms with Crippen LogP contribution >= 0.6 is 0 Å². The molecule has 0 aromatic carbocycles. The SMILES string of the molecule is CC(C)[C@@H]1CC[C@]2(NCC[C@@H](CF)N3CCS(=O)(=O)CC3)CC[C@]3(C)[C@H](CC[C@@H]4[C@@]5(C)CC[C@H](OC(=O)[C@H]6C[C@@H](C(=O)O)C6(C)C)C(C)(C)[C@@H]5CC[C@]43C)[C@@H]12. The summed E-state index contributed by atoms with van der Waals surface area (Å²) >= 11 is 0. The Balaban J connectivity index is 1.07. The molecule has 0 radical (unpaired) electrons. The average Bonchev–Trinajstić information content (AvgIpc) is 3.48. The number of carbonyl (C=O) groups is 2. The molecule has 1 saturated heterocycles. The molecule has 0 aromatic heterocycles. The highest BCUT2D eigenvalue weighted by atomic mass is 32.2. The van der Waals surface area contributed by atoms with Crippen molar-refractivity contribution in [3.05, 3.63) is 0 Å². The summed E-state index contributed by atoms with van der Waals surface area (Å²) in [5.41, 5.74) is -0.0724. The van der Waals surface area contributed by atoms with Gasteiger partial charge in [0, 0.05) is 30.1 Å². The molecular formula is C45H75FN2O6S. The number of nitrogens with zero attached hydrogens (tertiary/aromatic N) is 1. The zero-order chi connectivity index (χ0) is 40.1. The summed E-state index contributed by atoms with van der Waals surface area (Å²) in [6.45, 7) is 22.5. The van der Waals surface area contributed by atoms with Crippen LogP contribution in [-0.4, -0.2) is 85.9 Å². The third-order valence-electron chi connectivity index (χ3n) is 19.4. The first-order valence-corrected chi connectivity index (χ1v) is 24.1. The molecule has 55 heavy (non-hydrogen) atoms. The standard InChI is InChI=1S/C45H75FN2O6S/c1-28(2)30-12-18-45(47-21-15-29(27-46)48-22-24-55(52,53)25-23-48)20-19-43(8)31(37(30)45)10-11-35-42(7)16-14-36(41(5,6)34(42)13-17-44(35,43)9)54-39(51)33-26-32(38(49)50)40(33,3)4/h28-37,47H,10-27H2,1-9H3,(H,49,50)/t29-,30-,31+,32-,33+,34-,35+,36-,37+,42-,43+,44+,45-/m0/s1. The quantitative estimate of drug-likeness (QED) is 0.213. The Hall–Kier alpha value is -1.26. The lowest BCUT2D eigenvalue weighted by Crippen LogP contribution is -2.69. The van der Waals surface area contributed by atoms with Gasteiger partial charge >= 0.3 is 11.9 Å². The minimum atomic E-state index is -3.00. The van der Waals surface area contributed by atoms with Crippen LogP contribution in [0.2, 0.25) is 0 Å². The number of carboxylic acids is 1. The second-order valence-electron chi connectivity index (χ2n) is 22.3. The third-order valence-corrected chi connectivity index (χ3v) is 21.0. The summed E-state index contributed by atoms with van der Waals surface area (Å²) in [5, 5.41) is 13.8. The van der Waals surface area contributed by atoms with Crippen molar-refractivity contribution < 1.29 is 32.2 Å². The number of esters is 1. The smallest absolute Gasteiger partial charge is 0.309 e. The molecule has 7 rings (SSSR count). The Morgan fingerprint density at radius 2 is 1.53 bits per heavy atom. The molecule has 2 N–H and O–H groups in total. The monoisotopic (exact) mass is 791 g/mol. The first-order chi connectivity index (χ1) is 25.6. The molecule has 0 unspecified atom stereocenters. The van der Waals surface area contributed by atoms with E-state index < -0.39 is 33.8 Å². The second-order valence-corrected chi connectivity index (χ2v) is 24.6. The van der Waals surface area contributed by atoms with Crippen molar-refractivity contribution in [1.82, 2.24) is 10.2 Å². The fourth-order valence-electron chi connectivity index (χ4n) is 15.8. The minimum absolute atomic E-state index is 0.0823. The average molecular weight is 791 g/mol. The van der Waals surface area contributed by atoms with E-state index in [0.717, 1.165) is 25.8 Å². The molecule has 0 aromatic rings. The van der Waals surface area contributed by atoms with E-state index in [2.05, 4.69) is 58.7 Å². The van der Waals surface area contributed by atoms with E-state index in [1.54, 1.807) is 0 Å². The molecule has 7 fully saturated rings. The second kappa shape index (κ2) is 14.2. The molecule has 8 nitrogen and oxygen atoms in total. The topological polar surface area (TPSA) is 113 Å². The summed E-state index contributed by atoms with van der Waals surface area (Å²) in [5.74, 6) is 1.99. The fraction of sp³-hybridized carbons (Fsp3) is 0.956. The maximum absolute atomic E-state index is 14.4. The Labute approximate surface area is 332 Å². The lowest BCUT2D eigenvalue weighted by molar-refractivity contribution is -0.249. The van der Waals surface area contributed by atoms with Crippen LogP contribution in [-0.2, 0) is 24.2 Å². The van der Waals surface area contributed by atoms with E-state index >= 15 is 0 Å². The van der Waals surface area contributed by atoms with Crippen LogP contribution in [0.1, 0.15) is 139 Å². The van der Waals surface area contributed by atoms with Crippen molar-refractivity contribution >= 4 is 21.8 Å². The number of ether oxygens (including phenoxy) is 1. The van der Waals surface area contributed by atoms with Crippen LogP contribution in [0.4, 0.5) is 4.39 Å². The van der Waals surface area contributed by atoms with Crippen LogP contribution < -0.4 is 5.32 Å². The molecule has 1 aliphatic heterocycles. The molecule has 0 bridgehead atoms. The van der Waals surface area contributed by atoms with E-state index in [9.17, 15) is 27.5 Å². The van der Waals surface area contributed by atoms with Gasteiger partial charge in [0.15, 0.2) is 9.84 Å². The van der Waals surface area contributed by atoms with E-state index in [0.29, 0.717) is 61.4 Å². The molecule has 314 valence electrons. The summed E-state index contributed by atoms with van der Waals surface area (Å²) in [7, 11) is -3.00. The highest BCUT2D eigenvalue weighted by Gasteiger charge is 2.71. The Kier molecular flexibility index (Phi) is 10.8. The van der Waals surface area contributed by atoms with Crippen LogP contribution in [0.15, 0.2) is 0 Å². The molecule has 0 amide bonds. The predicted octanol–water partition coefficient (Wildman–Crippen LogP) is 8.18. The van der Waals surface area contributed by atoms with Crippen molar-refractivity contribution in [3.8, 4) is 0 Å². The maximum atomic E-state index is 14.4. The van der Waals surface area contributed by atoms with Crippen molar-refractivity contribution in [3.63, 3.8) is 0 Å². The maximum Gasteiger partial charge on any atom is 0.309 e. The number of sulfone groups is 1. The number of hydrogen-bond donors (Lipinski definition) is 2. The van der Waals surface area contributed by atoms with Gasteiger partial charge in [-0.3, -0.25) is 14.5 Å². The highest BCUT2D eigenvalue weighted by molar-refractivity contribution is 7.91. The van der Waals surface area contributed by atoms with Gasteiger partial charge in [-0.15, -0.1) is 0 Å². The van der Waals surface area contributed by atoms with E-state index in [-0.39, 0.29) is 62.7 Å². The number of fused-ring (bicyclic) bond motifs is 7. The Bertz CT molecular complexity index is 1590. The molecule has 13 atom stereocenters. The first-order valence-electron chi connectivity index (χ1n) is 22.3. The van der Waals surface area contributed by atoms with Gasteiger partial charge in [-0.05, 0) is 141 Å². The normalized spacial score (nSPS) is 46.3. The number of carboxylic acid groups (broad SMARTS) is 1. The van der Waals surface area contributed by atoms with Crippen molar-refractivity contribution in [1.29, 1.82) is 0 Å². The lowest BCUT2D eigenvalue weighted by atomic mass is 9.32. The Morgan fingerprint density at radius 1 is 0.836 bits per heavy atom. The molecule has 6 aliphatic carbocycles. The number of hydrogen-bond acceptors (Lipinski definition) is 7. The third kappa shape index (κ3) is 6.48. The highest BCUT2D eigenvalue weighted by Crippen LogP contribution is 2.76. The van der Waals surface area contributed by atoms with Gasteiger partial charge in [0.25, 0.3) is 0 Å². The fourth-order valence-corrected chi connectivity index (χ4v) is 17.0. The molecule has 0 spiro atoms. The van der Waals surface area contributed by atoms with Gasteiger partial charge in [0.05, 0.1) is 23.3 Å². The van der Waals surface area contributed by atoms with Gasteiger partial charge in [-0.25, -0.2) is 12.8 Å². The predicted molar refractivity (Wildman–Crippen MR) is 215 cm³/mol. The number of rotatable bonds is 10. The number of halogens is 1. The minimum Gasteiger partial charge on any atom is -0.481 e. The summed E-state index contributed by atoms with van der Waals surface area (Å²) < 4.78 is 45.0. The van der Waals surface area contributed by atoms with Crippen molar-refractivity contribution in [2.45, 2.75) is 157 Å². The lowest BCUT2D eigenvalue weighted by Gasteiger charge is -2.73. The van der Waals surface area contributed by atoms with Gasteiger partial charge in [-0.1, -0.05) is 62.3 Å². The molecule has 10 heteroatoms. The van der Waals surface area contributed by atoms with Crippen molar-refractivity contribution in [2.75, 3.05) is 37.8 Å². The van der Waals surface area contributed by atoms with E-state index in [1.165, 1.54) is 44.9 Å². The number of nitrogens with one attached hydrogen (secondary N) is 1. The van der Waals surface area contributed by atoms with Crippen LogP contribution in [0.3, 0.4) is 0 Å². The van der Waals surface area contributed by atoms with Gasteiger partial charge in [0.1, 0.15) is 12.8 Å². The summed E-state index contributed by atoms with van der Waals surface area (Å²) in [6.07, 6.45) is 12.5. The van der Waals surface area contributed by atoms with Gasteiger partial charge < -0.3 is 15.2 Å². The molecule has 1 heterocycles. The van der Waals surface area contributed by atoms with E-state index in [4.69, 9.17) is 4.74 Å². The van der Waals surface area contributed by atoms with Gasteiger partial charge in [0.2, 0.25) is 0 Å². The largest absolute Gasteiger partial charge is 0.481 e. The van der Waals surface area contributed by atoms with Gasteiger partial charge in [-0.2, -0.15) is 0 Å². The number of alkyl halides is 1. The van der Waals surface area contributed by atoms with E-state index in [1.807, 2.05) is 13.8 Å². The number of carbonyl (C=O) groups excluding carboxylic acids is 1. The Morgan fingerprint density at radius 3 is 2.15 bits per heavy atom. The molecular weight excluding hydrogens is 716 g/mol. The number of aliphatic carboxylic acids is 1. The zero-order valence-corrected chi connectivity index (χ0v) is 36.5. The summed E-state index contributed by atoms with van der Waals surface area (Å²) in [4.78, 5) is 27.5. The summed E-state index contributed by atoms with van der Waals surface area (Å²) in [6, 6.07) is -0.225. The van der Waals surface area contributed by atoms with Crippen molar-refractivity contribution in [2.24, 2.45) is 74.4 Å². The zero-order valence-electron chi connectivity index (χ0n) is 35.7. The molecule has 7 aliphatic rings. The van der Waals surface area contributed by atoms with Crippen LogP contribution in [0, 0.1) is 74.4 Å². The molecule has 6 saturated carbocycles. The van der Waals surface area contributed by atoms with Crippen LogP contribution in [0.25, 0.3) is 0 Å². The first kappa shape index (κ1) is 41.9.